The van der Waals surface area contributed by atoms with E-state index in [4.69, 9.17) is 15.6 Å². The van der Waals surface area contributed by atoms with Gasteiger partial charge in [0.05, 0.1) is 12.5 Å². The molecule has 2 rings (SSSR count). The molecule has 4 nitrogen and oxygen atoms in total. The standard InChI is InChI=1S/C12H15NO3/c1-7(12(14)15)9-4-5-16-11-6-8(13)2-3-10(9)11/h2-3,6-7,9H,4-5,13H2,1H3,(H,14,15). The molecule has 0 amide bonds. The minimum absolute atomic E-state index is 0.0156. The van der Waals surface area contributed by atoms with Crippen molar-refractivity contribution < 1.29 is 14.6 Å². The molecule has 2 atom stereocenters. The summed E-state index contributed by atoms with van der Waals surface area (Å²) in [6, 6.07) is 5.42. The first-order valence-corrected chi connectivity index (χ1v) is 5.34. The average Bonchev–Trinajstić information content (AvgIpc) is 2.26. The van der Waals surface area contributed by atoms with E-state index in [-0.39, 0.29) is 5.92 Å². The van der Waals surface area contributed by atoms with Crippen LogP contribution in [0.3, 0.4) is 0 Å². The van der Waals surface area contributed by atoms with Gasteiger partial charge in [0, 0.05) is 17.7 Å². The van der Waals surface area contributed by atoms with E-state index in [0.29, 0.717) is 12.3 Å². The van der Waals surface area contributed by atoms with Crippen molar-refractivity contribution in [1.29, 1.82) is 0 Å². The normalized spacial score (nSPS) is 20.7. The van der Waals surface area contributed by atoms with Gasteiger partial charge in [0.2, 0.25) is 0 Å². The largest absolute Gasteiger partial charge is 0.493 e. The van der Waals surface area contributed by atoms with E-state index in [1.165, 1.54) is 0 Å². The Morgan fingerprint density at radius 1 is 1.62 bits per heavy atom. The fraction of sp³-hybridized carbons (Fsp3) is 0.417. The fourth-order valence-electron chi connectivity index (χ4n) is 2.13. The van der Waals surface area contributed by atoms with Gasteiger partial charge in [-0.15, -0.1) is 0 Å². The predicted octanol–water partition coefficient (Wildman–Crippen LogP) is 1.86. The Kier molecular flexibility index (Phi) is 2.73. The molecular formula is C12H15NO3. The van der Waals surface area contributed by atoms with Gasteiger partial charge in [0.25, 0.3) is 0 Å². The lowest BCUT2D eigenvalue weighted by Gasteiger charge is -2.28. The van der Waals surface area contributed by atoms with Crippen molar-refractivity contribution in [3.63, 3.8) is 0 Å². The summed E-state index contributed by atoms with van der Waals surface area (Å²) in [4.78, 5) is 11.0. The van der Waals surface area contributed by atoms with E-state index in [1.54, 1.807) is 19.1 Å². The maximum absolute atomic E-state index is 11.0. The molecule has 0 radical (unpaired) electrons. The van der Waals surface area contributed by atoms with Crippen LogP contribution in [0.4, 0.5) is 5.69 Å². The molecule has 0 saturated heterocycles. The van der Waals surface area contributed by atoms with Crippen molar-refractivity contribution in [2.24, 2.45) is 5.92 Å². The van der Waals surface area contributed by atoms with E-state index < -0.39 is 11.9 Å². The summed E-state index contributed by atoms with van der Waals surface area (Å²) >= 11 is 0. The highest BCUT2D eigenvalue weighted by Gasteiger charge is 2.30. The number of carboxylic acids is 1. The summed E-state index contributed by atoms with van der Waals surface area (Å²) in [6.45, 7) is 2.29. The number of anilines is 1. The Balaban J connectivity index is 2.36. The number of nitrogens with two attached hydrogens (primary N) is 1. The van der Waals surface area contributed by atoms with E-state index in [9.17, 15) is 4.79 Å². The summed E-state index contributed by atoms with van der Waals surface area (Å²) in [6.07, 6.45) is 0.740. The van der Waals surface area contributed by atoms with Crippen LogP contribution in [0.2, 0.25) is 0 Å². The van der Waals surface area contributed by atoms with Gasteiger partial charge in [-0.25, -0.2) is 0 Å². The molecule has 1 aliphatic heterocycles. The van der Waals surface area contributed by atoms with Crippen LogP contribution in [0.1, 0.15) is 24.8 Å². The van der Waals surface area contributed by atoms with Crippen LogP contribution < -0.4 is 10.5 Å². The number of nitrogen functional groups attached to an aromatic ring is 1. The molecule has 86 valence electrons. The Morgan fingerprint density at radius 3 is 3.06 bits per heavy atom. The Labute approximate surface area is 94.0 Å². The second kappa shape index (κ2) is 4.04. The predicted molar refractivity (Wildman–Crippen MR) is 60.5 cm³/mol. The number of ether oxygens (including phenoxy) is 1. The van der Waals surface area contributed by atoms with Crippen LogP contribution in [0.15, 0.2) is 18.2 Å². The summed E-state index contributed by atoms with van der Waals surface area (Å²) in [7, 11) is 0. The van der Waals surface area contributed by atoms with Gasteiger partial charge in [-0.1, -0.05) is 13.0 Å². The molecule has 16 heavy (non-hydrogen) atoms. The maximum Gasteiger partial charge on any atom is 0.306 e. The maximum atomic E-state index is 11.0. The monoisotopic (exact) mass is 221 g/mol. The van der Waals surface area contributed by atoms with Crippen LogP contribution in [0, 0.1) is 5.92 Å². The third-order valence-electron chi connectivity index (χ3n) is 3.12. The quantitative estimate of drug-likeness (QED) is 0.747. The third kappa shape index (κ3) is 1.83. The molecule has 1 aromatic carbocycles. The zero-order valence-corrected chi connectivity index (χ0v) is 9.14. The number of carboxylic acid groups (broad SMARTS) is 1. The average molecular weight is 221 g/mol. The molecule has 0 fully saturated rings. The van der Waals surface area contributed by atoms with Gasteiger partial charge >= 0.3 is 5.97 Å². The molecule has 1 aromatic rings. The van der Waals surface area contributed by atoms with Crippen molar-refractivity contribution in [3.05, 3.63) is 23.8 Å². The molecule has 0 bridgehead atoms. The Hall–Kier alpha value is -1.71. The molecule has 2 unspecified atom stereocenters. The molecule has 0 aliphatic carbocycles. The van der Waals surface area contributed by atoms with E-state index >= 15 is 0 Å². The number of fused-ring (bicyclic) bond motifs is 1. The Bertz CT molecular complexity index is 417. The number of rotatable bonds is 2. The van der Waals surface area contributed by atoms with Gasteiger partial charge in [-0.05, 0) is 18.1 Å². The van der Waals surface area contributed by atoms with Crippen LogP contribution in [0.25, 0.3) is 0 Å². The van der Waals surface area contributed by atoms with Gasteiger partial charge < -0.3 is 15.6 Å². The van der Waals surface area contributed by atoms with Crippen molar-refractivity contribution in [1.82, 2.24) is 0 Å². The lowest BCUT2D eigenvalue weighted by molar-refractivity contribution is -0.142. The Morgan fingerprint density at radius 2 is 2.38 bits per heavy atom. The number of aliphatic carboxylic acids is 1. The highest BCUT2D eigenvalue weighted by molar-refractivity contribution is 5.71. The first kappa shape index (κ1) is 10.8. The fourth-order valence-corrected chi connectivity index (χ4v) is 2.13. The lowest BCUT2D eigenvalue weighted by Crippen LogP contribution is -2.24. The smallest absolute Gasteiger partial charge is 0.306 e. The molecular weight excluding hydrogens is 206 g/mol. The summed E-state index contributed by atoms with van der Waals surface area (Å²) in [5.41, 5.74) is 7.26. The van der Waals surface area contributed by atoms with Crippen molar-refractivity contribution >= 4 is 11.7 Å². The van der Waals surface area contributed by atoms with E-state index in [0.717, 1.165) is 17.7 Å². The van der Waals surface area contributed by atoms with Gasteiger partial charge in [0.1, 0.15) is 5.75 Å². The summed E-state index contributed by atoms with van der Waals surface area (Å²) in [5, 5.41) is 9.05. The number of benzene rings is 1. The molecule has 1 aliphatic rings. The van der Waals surface area contributed by atoms with E-state index in [2.05, 4.69) is 0 Å². The number of hydrogen-bond donors (Lipinski definition) is 2. The van der Waals surface area contributed by atoms with Crippen LogP contribution >= 0.6 is 0 Å². The highest BCUT2D eigenvalue weighted by Crippen LogP contribution is 2.39. The number of carbonyl (C=O) groups is 1. The van der Waals surface area contributed by atoms with E-state index in [1.807, 2.05) is 6.07 Å². The molecule has 3 N–H and O–H groups in total. The molecule has 0 spiro atoms. The first-order chi connectivity index (χ1) is 7.59. The SMILES string of the molecule is CC(C(=O)O)C1CCOc2cc(N)ccc21. The zero-order valence-electron chi connectivity index (χ0n) is 9.14. The molecule has 0 saturated carbocycles. The van der Waals surface area contributed by atoms with Crippen LogP contribution in [-0.4, -0.2) is 17.7 Å². The van der Waals surface area contributed by atoms with Crippen molar-refractivity contribution in [3.8, 4) is 5.75 Å². The van der Waals surface area contributed by atoms with Crippen LogP contribution in [0.5, 0.6) is 5.75 Å². The third-order valence-corrected chi connectivity index (χ3v) is 3.12. The molecule has 1 heterocycles. The van der Waals surface area contributed by atoms with Gasteiger partial charge in [-0.3, -0.25) is 4.79 Å². The topological polar surface area (TPSA) is 72.5 Å². The molecule has 4 heteroatoms. The minimum atomic E-state index is -0.769. The van der Waals surface area contributed by atoms with Crippen LogP contribution in [-0.2, 0) is 4.79 Å². The van der Waals surface area contributed by atoms with Gasteiger partial charge in [-0.2, -0.15) is 0 Å². The minimum Gasteiger partial charge on any atom is -0.493 e. The number of hydrogen-bond acceptors (Lipinski definition) is 3. The summed E-state index contributed by atoms with van der Waals surface area (Å²) in [5.74, 6) is -0.424. The van der Waals surface area contributed by atoms with Crippen molar-refractivity contribution in [2.75, 3.05) is 12.3 Å². The summed E-state index contributed by atoms with van der Waals surface area (Å²) < 4.78 is 5.49. The second-order valence-corrected chi connectivity index (χ2v) is 4.17. The lowest BCUT2D eigenvalue weighted by atomic mass is 9.83. The second-order valence-electron chi connectivity index (χ2n) is 4.17. The first-order valence-electron chi connectivity index (χ1n) is 5.34. The van der Waals surface area contributed by atoms with Crippen molar-refractivity contribution in [2.45, 2.75) is 19.3 Å². The van der Waals surface area contributed by atoms with Gasteiger partial charge in [0.15, 0.2) is 0 Å². The highest BCUT2D eigenvalue weighted by atomic mass is 16.5. The molecule has 0 aromatic heterocycles. The zero-order chi connectivity index (χ0) is 11.7.